The topological polar surface area (TPSA) is 33.1 Å². The first-order valence-corrected chi connectivity index (χ1v) is 8.68. The van der Waals surface area contributed by atoms with E-state index in [1.54, 1.807) is 24.4 Å². The number of aliphatic hydroxyl groups excluding tert-OH is 1. The smallest absolute Gasteiger partial charge is 0.0975 e. The molecule has 25 heavy (non-hydrogen) atoms. The molecule has 3 rings (SSSR count). The molecular weight excluding hydrogens is 330 g/mol. The van der Waals surface area contributed by atoms with Crippen LogP contribution in [0.5, 0.6) is 0 Å². The Bertz CT molecular complexity index is 828. The van der Waals surface area contributed by atoms with Gasteiger partial charge in [-0.05, 0) is 53.3 Å². The van der Waals surface area contributed by atoms with Gasteiger partial charge in [0.15, 0.2) is 0 Å². The standard InChI is InChI=1S/C22H20ClNO/c23-21-5-1-4-20(15-21)22(25)13-12-18-8-6-17(7-9-18)10-11-19-3-2-14-24-16-19/h1-9,12-16,22,25H,10-11H2. The molecule has 126 valence electrons. The van der Waals surface area contributed by atoms with Gasteiger partial charge < -0.3 is 5.11 Å². The van der Waals surface area contributed by atoms with E-state index < -0.39 is 6.10 Å². The summed E-state index contributed by atoms with van der Waals surface area (Å²) in [5.41, 5.74) is 4.38. The van der Waals surface area contributed by atoms with Crippen molar-refractivity contribution in [3.63, 3.8) is 0 Å². The van der Waals surface area contributed by atoms with Gasteiger partial charge in [0.05, 0.1) is 6.10 Å². The van der Waals surface area contributed by atoms with Crippen LogP contribution in [-0.2, 0) is 12.8 Å². The average Bonchev–Trinajstić information content (AvgIpc) is 2.66. The van der Waals surface area contributed by atoms with E-state index in [-0.39, 0.29) is 0 Å². The van der Waals surface area contributed by atoms with Crippen LogP contribution in [0.4, 0.5) is 0 Å². The number of aromatic nitrogens is 1. The Kier molecular flexibility index (Phi) is 5.99. The summed E-state index contributed by atoms with van der Waals surface area (Å²) in [7, 11) is 0. The Labute approximate surface area is 153 Å². The van der Waals surface area contributed by atoms with Crippen LogP contribution in [0, 0.1) is 0 Å². The van der Waals surface area contributed by atoms with Crippen molar-refractivity contribution >= 4 is 17.7 Å². The number of hydrogen-bond donors (Lipinski definition) is 1. The van der Waals surface area contributed by atoms with Gasteiger partial charge in [-0.15, -0.1) is 0 Å². The molecule has 1 heterocycles. The van der Waals surface area contributed by atoms with E-state index in [9.17, 15) is 5.11 Å². The predicted molar refractivity (Wildman–Crippen MR) is 104 cm³/mol. The normalized spacial score (nSPS) is 12.4. The van der Waals surface area contributed by atoms with Crippen molar-refractivity contribution in [1.29, 1.82) is 0 Å². The Morgan fingerprint density at radius 1 is 0.960 bits per heavy atom. The molecule has 0 spiro atoms. The molecule has 0 radical (unpaired) electrons. The minimum absolute atomic E-state index is 0.628. The molecule has 0 fully saturated rings. The van der Waals surface area contributed by atoms with Crippen LogP contribution in [0.15, 0.2) is 79.1 Å². The van der Waals surface area contributed by atoms with Gasteiger partial charge in [0.1, 0.15) is 0 Å². The van der Waals surface area contributed by atoms with Crippen molar-refractivity contribution in [3.8, 4) is 0 Å². The molecule has 2 aromatic carbocycles. The van der Waals surface area contributed by atoms with Crippen molar-refractivity contribution < 1.29 is 5.11 Å². The summed E-state index contributed by atoms with van der Waals surface area (Å²) in [6, 6.07) is 19.7. The zero-order valence-electron chi connectivity index (χ0n) is 13.8. The molecule has 1 unspecified atom stereocenters. The van der Waals surface area contributed by atoms with Crippen LogP contribution < -0.4 is 0 Å². The van der Waals surface area contributed by atoms with Gasteiger partial charge in [0.2, 0.25) is 0 Å². The van der Waals surface area contributed by atoms with E-state index in [0.29, 0.717) is 5.02 Å². The molecule has 0 saturated carbocycles. The lowest BCUT2D eigenvalue weighted by atomic mass is 10.0. The number of aryl methyl sites for hydroxylation is 2. The lowest BCUT2D eigenvalue weighted by Gasteiger charge is -2.06. The lowest BCUT2D eigenvalue weighted by Crippen LogP contribution is -1.93. The second kappa shape index (κ2) is 8.61. The highest BCUT2D eigenvalue weighted by Crippen LogP contribution is 2.20. The third-order valence-electron chi connectivity index (χ3n) is 4.07. The maximum Gasteiger partial charge on any atom is 0.0975 e. The number of nitrogens with zero attached hydrogens (tertiary/aromatic N) is 1. The van der Waals surface area contributed by atoms with Crippen molar-refractivity contribution in [2.45, 2.75) is 18.9 Å². The van der Waals surface area contributed by atoms with Gasteiger partial charge in [-0.3, -0.25) is 4.98 Å². The first kappa shape index (κ1) is 17.4. The summed E-state index contributed by atoms with van der Waals surface area (Å²) in [5, 5.41) is 10.8. The lowest BCUT2D eigenvalue weighted by molar-refractivity contribution is 0.229. The summed E-state index contributed by atoms with van der Waals surface area (Å²) >= 11 is 5.96. The Hall–Kier alpha value is -2.42. The van der Waals surface area contributed by atoms with Gasteiger partial charge in [-0.2, -0.15) is 0 Å². The largest absolute Gasteiger partial charge is 0.384 e. The zero-order valence-corrected chi connectivity index (χ0v) is 14.6. The number of pyridine rings is 1. The summed E-state index contributed by atoms with van der Waals surface area (Å²) in [4.78, 5) is 4.14. The van der Waals surface area contributed by atoms with Crippen LogP contribution in [0.3, 0.4) is 0 Å². The summed E-state index contributed by atoms with van der Waals surface area (Å²) in [6.07, 6.45) is 8.71. The van der Waals surface area contributed by atoms with E-state index in [1.165, 1.54) is 11.1 Å². The summed E-state index contributed by atoms with van der Waals surface area (Å²) in [5.74, 6) is 0. The van der Waals surface area contributed by atoms with E-state index in [0.717, 1.165) is 24.0 Å². The maximum absolute atomic E-state index is 10.2. The first-order chi connectivity index (χ1) is 12.2. The van der Waals surface area contributed by atoms with E-state index in [4.69, 9.17) is 11.6 Å². The monoisotopic (exact) mass is 349 g/mol. The number of benzene rings is 2. The average molecular weight is 350 g/mol. The molecule has 0 saturated heterocycles. The SMILES string of the molecule is OC(C=Cc1ccc(CCc2cccnc2)cc1)c1cccc(Cl)c1. The fraction of sp³-hybridized carbons (Fsp3) is 0.136. The predicted octanol–water partition coefficient (Wildman–Crippen LogP) is 5.27. The quantitative estimate of drug-likeness (QED) is 0.657. The molecule has 0 aliphatic rings. The minimum atomic E-state index is -0.663. The number of aliphatic hydroxyl groups is 1. The molecule has 0 aliphatic heterocycles. The molecule has 1 atom stereocenters. The molecule has 2 nitrogen and oxygen atoms in total. The molecule has 1 N–H and O–H groups in total. The Balaban J connectivity index is 1.58. The highest BCUT2D eigenvalue weighted by atomic mass is 35.5. The number of halogens is 1. The van der Waals surface area contributed by atoms with Crippen LogP contribution in [0.2, 0.25) is 5.02 Å². The van der Waals surface area contributed by atoms with E-state index >= 15 is 0 Å². The van der Waals surface area contributed by atoms with Crippen LogP contribution in [0.25, 0.3) is 6.08 Å². The second-order valence-corrected chi connectivity index (χ2v) is 6.40. The molecule has 3 heteroatoms. The van der Waals surface area contributed by atoms with Crippen molar-refractivity contribution in [2.75, 3.05) is 0 Å². The zero-order chi connectivity index (χ0) is 17.5. The first-order valence-electron chi connectivity index (χ1n) is 8.30. The third-order valence-corrected chi connectivity index (χ3v) is 4.30. The third kappa shape index (κ3) is 5.28. The second-order valence-electron chi connectivity index (χ2n) is 5.96. The van der Waals surface area contributed by atoms with Crippen molar-refractivity contribution in [3.05, 3.63) is 106 Å². The van der Waals surface area contributed by atoms with Gasteiger partial charge >= 0.3 is 0 Å². The molecule has 0 aliphatic carbocycles. The fourth-order valence-corrected chi connectivity index (χ4v) is 2.83. The fourth-order valence-electron chi connectivity index (χ4n) is 2.63. The van der Waals surface area contributed by atoms with Gasteiger partial charge in [0, 0.05) is 17.4 Å². The molecule has 3 aromatic rings. The van der Waals surface area contributed by atoms with Crippen molar-refractivity contribution in [1.82, 2.24) is 4.98 Å². The summed E-state index contributed by atoms with van der Waals surface area (Å²) < 4.78 is 0. The number of rotatable bonds is 6. The number of hydrogen-bond acceptors (Lipinski definition) is 2. The van der Waals surface area contributed by atoms with Crippen LogP contribution >= 0.6 is 11.6 Å². The van der Waals surface area contributed by atoms with Gasteiger partial charge in [-0.1, -0.05) is 66.2 Å². The molecule has 0 amide bonds. The van der Waals surface area contributed by atoms with Gasteiger partial charge in [-0.25, -0.2) is 0 Å². The Morgan fingerprint density at radius 2 is 1.76 bits per heavy atom. The highest BCUT2D eigenvalue weighted by molar-refractivity contribution is 6.30. The Morgan fingerprint density at radius 3 is 2.48 bits per heavy atom. The molecular formula is C22H20ClNO. The van der Waals surface area contributed by atoms with E-state index in [1.807, 2.05) is 30.5 Å². The van der Waals surface area contributed by atoms with E-state index in [2.05, 4.69) is 35.3 Å². The minimum Gasteiger partial charge on any atom is -0.384 e. The highest BCUT2D eigenvalue weighted by Gasteiger charge is 2.03. The van der Waals surface area contributed by atoms with Crippen LogP contribution in [-0.4, -0.2) is 10.1 Å². The van der Waals surface area contributed by atoms with Crippen LogP contribution in [0.1, 0.15) is 28.4 Å². The van der Waals surface area contributed by atoms with Gasteiger partial charge in [0.25, 0.3) is 0 Å². The molecule has 1 aromatic heterocycles. The maximum atomic E-state index is 10.2. The molecule has 0 bridgehead atoms. The van der Waals surface area contributed by atoms with Crippen molar-refractivity contribution in [2.24, 2.45) is 0 Å². The summed E-state index contributed by atoms with van der Waals surface area (Å²) in [6.45, 7) is 0.